The van der Waals surface area contributed by atoms with Gasteiger partial charge in [-0.3, -0.25) is 13.9 Å². The third-order valence-electron chi connectivity index (χ3n) is 7.24. The van der Waals surface area contributed by atoms with Gasteiger partial charge in [-0.2, -0.15) is 0 Å². The minimum Gasteiger partial charge on any atom is -0.352 e. The van der Waals surface area contributed by atoms with E-state index < -0.39 is 28.5 Å². The van der Waals surface area contributed by atoms with Crippen LogP contribution >= 0.6 is 34.8 Å². The summed E-state index contributed by atoms with van der Waals surface area (Å²) in [6.45, 7) is 2.85. The van der Waals surface area contributed by atoms with E-state index in [0.29, 0.717) is 31.9 Å². The Labute approximate surface area is 256 Å². The van der Waals surface area contributed by atoms with Gasteiger partial charge in [0.25, 0.3) is 10.0 Å². The van der Waals surface area contributed by atoms with Gasteiger partial charge in [0, 0.05) is 17.6 Å². The van der Waals surface area contributed by atoms with E-state index in [1.807, 2.05) is 0 Å². The first-order valence-electron chi connectivity index (χ1n) is 13.3. The minimum atomic E-state index is -4.16. The normalized spacial score (nSPS) is 14.5. The Morgan fingerprint density at radius 3 is 2.27 bits per heavy atom. The second kappa shape index (κ2) is 13.5. The Kier molecular flexibility index (Phi) is 10.2. The third kappa shape index (κ3) is 7.55. The number of halogens is 3. The van der Waals surface area contributed by atoms with Gasteiger partial charge in [-0.05, 0) is 80.3 Å². The van der Waals surface area contributed by atoms with Gasteiger partial charge in [-0.25, -0.2) is 8.42 Å². The van der Waals surface area contributed by atoms with Crippen LogP contribution in [0, 0.1) is 6.92 Å². The molecular formula is C30H32Cl3N3O4S. The number of sulfonamides is 1. The predicted molar refractivity (Wildman–Crippen MR) is 164 cm³/mol. The van der Waals surface area contributed by atoms with E-state index in [1.54, 1.807) is 68.4 Å². The lowest BCUT2D eigenvalue weighted by Crippen LogP contribution is -2.52. The highest BCUT2D eigenvalue weighted by atomic mass is 35.5. The molecule has 11 heteroatoms. The zero-order chi connectivity index (χ0) is 29.7. The molecule has 0 spiro atoms. The average Bonchev–Trinajstić information content (AvgIpc) is 3.45. The van der Waals surface area contributed by atoms with Crippen molar-refractivity contribution < 1.29 is 18.0 Å². The molecule has 1 atom stereocenters. The number of nitrogens with zero attached hydrogens (tertiary/aromatic N) is 2. The number of hydrogen-bond donors (Lipinski definition) is 1. The molecule has 0 saturated heterocycles. The first-order valence-corrected chi connectivity index (χ1v) is 15.9. The van der Waals surface area contributed by atoms with E-state index >= 15 is 0 Å². The first-order chi connectivity index (χ1) is 19.5. The number of carbonyl (C=O) groups is 2. The van der Waals surface area contributed by atoms with Crippen LogP contribution in [0.2, 0.25) is 15.1 Å². The first kappa shape index (κ1) is 31.2. The number of carbonyl (C=O) groups excluding carboxylic acids is 2. The fraction of sp³-hybridized carbons (Fsp3) is 0.333. The van der Waals surface area contributed by atoms with Crippen LogP contribution in [0.5, 0.6) is 0 Å². The van der Waals surface area contributed by atoms with Gasteiger partial charge >= 0.3 is 0 Å². The van der Waals surface area contributed by atoms with Gasteiger partial charge in [0.15, 0.2) is 0 Å². The lowest BCUT2D eigenvalue weighted by molar-refractivity contribution is -0.139. The number of benzene rings is 3. The van der Waals surface area contributed by atoms with Gasteiger partial charge < -0.3 is 10.2 Å². The zero-order valence-corrected chi connectivity index (χ0v) is 25.9. The van der Waals surface area contributed by atoms with E-state index in [-0.39, 0.29) is 23.4 Å². The molecule has 1 aliphatic rings. The number of nitrogens with one attached hydrogen (secondary N) is 1. The maximum absolute atomic E-state index is 14.1. The van der Waals surface area contributed by atoms with Gasteiger partial charge in [0.05, 0.1) is 20.6 Å². The van der Waals surface area contributed by atoms with Crippen molar-refractivity contribution in [1.29, 1.82) is 0 Å². The molecule has 218 valence electrons. The molecule has 0 aliphatic heterocycles. The highest BCUT2D eigenvalue weighted by Gasteiger charge is 2.34. The van der Waals surface area contributed by atoms with E-state index in [4.69, 9.17) is 34.8 Å². The van der Waals surface area contributed by atoms with Crippen molar-refractivity contribution in [1.82, 2.24) is 10.2 Å². The molecule has 0 radical (unpaired) electrons. The third-order valence-corrected chi connectivity index (χ3v) is 9.99. The standard InChI is InChI=1S/C30H32Cl3N3O4S/c1-20-16-23(31)13-15-28(20)36(41(39,40)25-10-4-3-5-11-25)19-29(37)35(18-22-12-14-26(32)27(33)17-22)21(2)30(38)34-24-8-6-7-9-24/h3-5,10-17,21,24H,6-9,18-19H2,1-2H3,(H,34,38)/t21-/m1/s1. The molecule has 1 aliphatic carbocycles. The molecule has 1 saturated carbocycles. The second-order valence-electron chi connectivity index (χ2n) is 10.2. The summed E-state index contributed by atoms with van der Waals surface area (Å²) in [5, 5.41) is 4.16. The maximum Gasteiger partial charge on any atom is 0.264 e. The van der Waals surface area contributed by atoms with Crippen LogP contribution in [-0.2, 0) is 26.2 Å². The quantitative estimate of drug-likeness (QED) is 0.271. The molecule has 3 aromatic carbocycles. The second-order valence-corrected chi connectivity index (χ2v) is 13.3. The lowest BCUT2D eigenvalue weighted by Gasteiger charge is -2.33. The minimum absolute atomic E-state index is 0.0216. The molecule has 1 fully saturated rings. The van der Waals surface area contributed by atoms with Gasteiger partial charge in [-0.1, -0.05) is 71.9 Å². The average molecular weight is 637 g/mol. The maximum atomic E-state index is 14.1. The van der Waals surface area contributed by atoms with Crippen molar-refractivity contribution in [2.24, 2.45) is 0 Å². The van der Waals surface area contributed by atoms with Crippen LogP contribution in [0.15, 0.2) is 71.6 Å². The summed E-state index contributed by atoms with van der Waals surface area (Å²) >= 11 is 18.5. The summed E-state index contributed by atoms with van der Waals surface area (Å²) in [5.41, 5.74) is 1.53. The van der Waals surface area contributed by atoms with Crippen molar-refractivity contribution in [2.45, 2.75) is 63.1 Å². The molecule has 0 heterocycles. The topological polar surface area (TPSA) is 86.8 Å². The summed E-state index contributed by atoms with van der Waals surface area (Å²) < 4.78 is 28.9. The van der Waals surface area contributed by atoms with Gasteiger partial charge in [0.1, 0.15) is 12.6 Å². The summed E-state index contributed by atoms with van der Waals surface area (Å²) in [6.07, 6.45) is 3.85. The molecular weight excluding hydrogens is 605 g/mol. The molecule has 0 aromatic heterocycles. The highest BCUT2D eigenvalue weighted by Crippen LogP contribution is 2.30. The van der Waals surface area contributed by atoms with E-state index in [9.17, 15) is 18.0 Å². The lowest BCUT2D eigenvalue weighted by atomic mass is 10.1. The Morgan fingerprint density at radius 1 is 0.951 bits per heavy atom. The van der Waals surface area contributed by atoms with E-state index in [2.05, 4.69) is 5.32 Å². The Hall–Kier alpha value is -2.78. The number of anilines is 1. The molecule has 4 rings (SSSR count). The van der Waals surface area contributed by atoms with E-state index in [0.717, 1.165) is 30.0 Å². The summed E-state index contributed by atoms with van der Waals surface area (Å²) in [7, 11) is -4.16. The van der Waals surface area contributed by atoms with Crippen molar-refractivity contribution in [3.8, 4) is 0 Å². The van der Waals surface area contributed by atoms with Crippen molar-refractivity contribution >= 4 is 62.3 Å². The van der Waals surface area contributed by atoms with Crippen LogP contribution in [0.25, 0.3) is 0 Å². The van der Waals surface area contributed by atoms with Crippen molar-refractivity contribution in [3.63, 3.8) is 0 Å². The van der Waals surface area contributed by atoms with Crippen LogP contribution in [-0.4, -0.2) is 43.8 Å². The van der Waals surface area contributed by atoms with E-state index in [1.165, 1.54) is 17.0 Å². The SMILES string of the molecule is Cc1cc(Cl)ccc1N(CC(=O)N(Cc1ccc(Cl)c(Cl)c1)[C@H](C)C(=O)NC1CCCC1)S(=O)(=O)c1ccccc1. The van der Waals surface area contributed by atoms with Crippen molar-refractivity contribution in [3.05, 3.63) is 92.9 Å². The number of aryl methyl sites for hydroxylation is 1. The van der Waals surface area contributed by atoms with Crippen LogP contribution < -0.4 is 9.62 Å². The number of hydrogen-bond acceptors (Lipinski definition) is 4. The predicted octanol–water partition coefficient (Wildman–Crippen LogP) is 6.63. The largest absolute Gasteiger partial charge is 0.352 e. The summed E-state index contributed by atoms with van der Waals surface area (Å²) in [5.74, 6) is -0.857. The smallest absolute Gasteiger partial charge is 0.264 e. The molecule has 0 unspecified atom stereocenters. The Morgan fingerprint density at radius 2 is 1.63 bits per heavy atom. The van der Waals surface area contributed by atoms with Gasteiger partial charge in [-0.15, -0.1) is 0 Å². The fourth-order valence-electron chi connectivity index (χ4n) is 4.94. The zero-order valence-electron chi connectivity index (χ0n) is 22.8. The molecule has 1 N–H and O–H groups in total. The molecule has 3 aromatic rings. The summed E-state index contributed by atoms with van der Waals surface area (Å²) in [6, 6.07) is 16.8. The molecule has 7 nitrogen and oxygen atoms in total. The van der Waals surface area contributed by atoms with Crippen LogP contribution in [0.1, 0.15) is 43.7 Å². The molecule has 41 heavy (non-hydrogen) atoms. The van der Waals surface area contributed by atoms with Crippen LogP contribution in [0.4, 0.5) is 5.69 Å². The number of amides is 2. The summed E-state index contributed by atoms with van der Waals surface area (Å²) in [4.78, 5) is 28.8. The Bertz CT molecular complexity index is 1510. The molecule has 2 amide bonds. The van der Waals surface area contributed by atoms with Gasteiger partial charge in [0.2, 0.25) is 11.8 Å². The number of rotatable bonds is 10. The highest BCUT2D eigenvalue weighted by molar-refractivity contribution is 7.92. The Balaban J connectivity index is 1.71. The van der Waals surface area contributed by atoms with Crippen molar-refractivity contribution in [2.75, 3.05) is 10.8 Å². The van der Waals surface area contributed by atoms with Crippen LogP contribution in [0.3, 0.4) is 0 Å². The monoisotopic (exact) mass is 635 g/mol. The fourth-order valence-corrected chi connectivity index (χ4v) is 6.99. The molecule has 0 bridgehead atoms.